The normalized spacial score (nSPS) is 11.3. The van der Waals surface area contributed by atoms with Gasteiger partial charge < -0.3 is 5.32 Å². The molecule has 1 heterocycles. The maximum Gasteiger partial charge on any atom is 0.220 e. The Hall–Kier alpha value is -1.61. The van der Waals surface area contributed by atoms with Gasteiger partial charge in [0.05, 0.1) is 0 Å². The number of thiophene rings is 1. The number of amides is 1. The van der Waals surface area contributed by atoms with Crippen LogP contribution >= 0.6 is 11.3 Å². The van der Waals surface area contributed by atoms with Crippen molar-refractivity contribution in [1.29, 1.82) is 0 Å². The summed E-state index contributed by atoms with van der Waals surface area (Å²) in [5, 5.41) is 7.30. The van der Waals surface area contributed by atoms with Gasteiger partial charge in [-0.2, -0.15) is 11.3 Å². The van der Waals surface area contributed by atoms with E-state index in [1.165, 1.54) is 11.1 Å². The standard InChI is InChI=1S/C18H23NOS/c1-18(2,16-11-12-21-13-16)14-19-17(20)10-6-9-15-7-4-3-5-8-15/h3-5,7-8,11-13H,6,9-10,14H2,1-2H3,(H,19,20). The van der Waals surface area contributed by atoms with Crippen LogP contribution < -0.4 is 5.32 Å². The molecular formula is C18H23NOS. The second kappa shape index (κ2) is 7.41. The molecule has 21 heavy (non-hydrogen) atoms. The first-order valence-corrected chi connectivity index (χ1v) is 8.35. The number of aryl methyl sites for hydroxylation is 1. The van der Waals surface area contributed by atoms with Gasteiger partial charge in [-0.1, -0.05) is 44.2 Å². The number of hydrogen-bond donors (Lipinski definition) is 1. The highest BCUT2D eigenvalue weighted by molar-refractivity contribution is 7.08. The predicted molar refractivity (Wildman–Crippen MR) is 89.7 cm³/mol. The van der Waals surface area contributed by atoms with Crippen molar-refractivity contribution in [2.75, 3.05) is 6.54 Å². The fraction of sp³-hybridized carbons (Fsp3) is 0.389. The van der Waals surface area contributed by atoms with E-state index in [0.29, 0.717) is 13.0 Å². The fourth-order valence-electron chi connectivity index (χ4n) is 2.26. The Kier molecular flexibility index (Phi) is 5.57. The minimum absolute atomic E-state index is 0.00487. The number of hydrogen-bond acceptors (Lipinski definition) is 2. The van der Waals surface area contributed by atoms with Gasteiger partial charge in [0.2, 0.25) is 5.91 Å². The zero-order chi connectivity index (χ0) is 15.1. The van der Waals surface area contributed by atoms with Gasteiger partial charge in [0.1, 0.15) is 0 Å². The van der Waals surface area contributed by atoms with E-state index >= 15 is 0 Å². The molecular weight excluding hydrogens is 278 g/mol. The van der Waals surface area contributed by atoms with Crippen LogP contribution in [0.1, 0.15) is 37.8 Å². The molecule has 0 saturated carbocycles. The molecule has 0 spiro atoms. The largest absolute Gasteiger partial charge is 0.355 e. The third kappa shape index (κ3) is 5.01. The summed E-state index contributed by atoms with van der Waals surface area (Å²) in [6, 6.07) is 12.4. The van der Waals surface area contributed by atoms with E-state index in [9.17, 15) is 4.79 Å². The summed E-state index contributed by atoms with van der Waals surface area (Å²) in [5.74, 6) is 0.147. The van der Waals surface area contributed by atoms with Crippen molar-refractivity contribution in [3.8, 4) is 0 Å². The minimum atomic E-state index is -0.00487. The summed E-state index contributed by atoms with van der Waals surface area (Å²) < 4.78 is 0. The number of benzene rings is 1. The molecule has 0 aliphatic rings. The van der Waals surface area contributed by atoms with Crippen LogP contribution in [0.5, 0.6) is 0 Å². The average Bonchev–Trinajstić information content (AvgIpc) is 3.01. The van der Waals surface area contributed by atoms with Gasteiger partial charge in [-0.3, -0.25) is 4.79 Å². The van der Waals surface area contributed by atoms with E-state index in [2.05, 4.69) is 48.1 Å². The molecule has 1 amide bonds. The molecule has 2 nitrogen and oxygen atoms in total. The third-order valence-electron chi connectivity index (χ3n) is 3.74. The van der Waals surface area contributed by atoms with Gasteiger partial charge in [-0.05, 0) is 40.8 Å². The Labute approximate surface area is 131 Å². The van der Waals surface area contributed by atoms with Crippen molar-refractivity contribution in [2.45, 2.75) is 38.5 Å². The van der Waals surface area contributed by atoms with Crippen molar-refractivity contribution >= 4 is 17.2 Å². The number of rotatable bonds is 7. The van der Waals surface area contributed by atoms with Crippen LogP contribution in [0.2, 0.25) is 0 Å². The summed E-state index contributed by atoms with van der Waals surface area (Å²) in [4.78, 5) is 11.9. The lowest BCUT2D eigenvalue weighted by Gasteiger charge is -2.24. The quantitative estimate of drug-likeness (QED) is 0.817. The lowest BCUT2D eigenvalue weighted by Crippen LogP contribution is -2.36. The number of carbonyl (C=O) groups excluding carboxylic acids is 1. The summed E-state index contributed by atoms with van der Waals surface area (Å²) in [7, 11) is 0. The van der Waals surface area contributed by atoms with E-state index in [-0.39, 0.29) is 11.3 Å². The predicted octanol–water partition coefficient (Wildman–Crippen LogP) is 4.16. The molecule has 0 bridgehead atoms. The van der Waals surface area contributed by atoms with Crippen LogP contribution in [0.3, 0.4) is 0 Å². The van der Waals surface area contributed by atoms with Crippen molar-refractivity contribution in [3.63, 3.8) is 0 Å². The second-order valence-electron chi connectivity index (χ2n) is 6.01. The zero-order valence-corrected chi connectivity index (χ0v) is 13.6. The molecule has 1 N–H and O–H groups in total. The lowest BCUT2D eigenvalue weighted by molar-refractivity contribution is -0.121. The van der Waals surface area contributed by atoms with Gasteiger partial charge in [0, 0.05) is 18.4 Å². The Bertz CT molecular complexity index is 546. The molecule has 112 valence electrons. The van der Waals surface area contributed by atoms with E-state index in [1.807, 2.05) is 18.2 Å². The van der Waals surface area contributed by atoms with E-state index in [1.54, 1.807) is 11.3 Å². The summed E-state index contributed by atoms with van der Waals surface area (Å²) >= 11 is 1.70. The van der Waals surface area contributed by atoms with Crippen molar-refractivity contribution in [1.82, 2.24) is 5.32 Å². The Morgan fingerprint density at radius 2 is 1.95 bits per heavy atom. The molecule has 0 unspecified atom stereocenters. The summed E-state index contributed by atoms with van der Waals surface area (Å²) in [6.45, 7) is 5.02. The molecule has 0 aliphatic carbocycles. The lowest BCUT2D eigenvalue weighted by atomic mass is 9.86. The molecule has 1 aromatic heterocycles. The summed E-state index contributed by atoms with van der Waals surface area (Å²) in [5.41, 5.74) is 2.58. The van der Waals surface area contributed by atoms with Crippen LogP contribution in [-0.4, -0.2) is 12.5 Å². The summed E-state index contributed by atoms with van der Waals surface area (Å²) in [6.07, 6.45) is 2.45. The number of nitrogens with one attached hydrogen (secondary N) is 1. The van der Waals surface area contributed by atoms with Gasteiger partial charge in [0.25, 0.3) is 0 Å². The van der Waals surface area contributed by atoms with Crippen molar-refractivity contribution < 1.29 is 4.79 Å². The molecule has 2 aromatic rings. The topological polar surface area (TPSA) is 29.1 Å². The van der Waals surface area contributed by atoms with E-state index in [4.69, 9.17) is 0 Å². The van der Waals surface area contributed by atoms with Gasteiger partial charge >= 0.3 is 0 Å². The van der Waals surface area contributed by atoms with Crippen LogP contribution in [0.4, 0.5) is 0 Å². The maximum atomic E-state index is 11.9. The number of carbonyl (C=O) groups is 1. The molecule has 0 radical (unpaired) electrons. The molecule has 0 aliphatic heterocycles. The highest BCUT2D eigenvalue weighted by Gasteiger charge is 2.21. The van der Waals surface area contributed by atoms with Crippen LogP contribution in [0, 0.1) is 0 Å². The van der Waals surface area contributed by atoms with Crippen LogP contribution in [0.15, 0.2) is 47.2 Å². The smallest absolute Gasteiger partial charge is 0.220 e. The Morgan fingerprint density at radius 3 is 2.62 bits per heavy atom. The third-order valence-corrected chi connectivity index (χ3v) is 4.43. The zero-order valence-electron chi connectivity index (χ0n) is 12.8. The van der Waals surface area contributed by atoms with Crippen molar-refractivity contribution in [2.24, 2.45) is 0 Å². The maximum absolute atomic E-state index is 11.9. The highest BCUT2D eigenvalue weighted by atomic mass is 32.1. The highest BCUT2D eigenvalue weighted by Crippen LogP contribution is 2.24. The Morgan fingerprint density at radius 1 is 1.19 bits per heavy atom. The molecule has 0 fully saturated rings. The van der Waals surface area contributed by atoms with Gasteiger partial charge in [-0.25, -0.2) is 0 Å². The molecule has 0 atom stereocenters. The van der Waals surface area contributed by atoms with E-state index in [0.717, 1.165) is 12.8 Å². The first-order chi connectivity index (χ1) is 10.1. The van der Waals surface area contributed by atoms with Gasteiger partial charge in [-0.15, -0.1) is 0 Å². The molecule has 1 aromatic carbocycles. The SMILES string of the molecule is CC(C)(CNC(=O)CCCc1ccccc1)c1ccsc1. The van der Waals surface area contributed by atoms with Crippen LogP contribution in [-0.2, 0) is 16.6 Å². The van der Waals surface area contributed by atoms with E-state index < -0.39 is 0 Å². The molecule has 0 saturated heterocycles. The van der Waals surface area contributed by atoms with Crippen LogP contribution in [0.25, 0.3) is 0 Å². The average molecular weight is 301 g/mol. The Balaban J connectivity index is 1.70. The fourth-order valence-corrected chi connectivity index (χ4v) is 3.11. The molecule has 2 rings (SSSR count). The first kappa shape index (κ1) is 15.8. The van der Waals surface area contributed by atoms with Gasteiger partial charge in [0.15, 0.2) is 0 Å². The minimum Gasteiger partial charge on any atom is -0.355 e. The molecule has 3 heteroatoms. The second-order valence-corrected chi connectivity index (χ2v) is 6.79. The first-order valence-electron chi connectivity index (χ1n) is 7.41. The monoisotopic (exact) mass is 301 g/mol. The van der Waals surface area contributed by atoms with Crippen molar-refractivity contribution in [3.05, 3.63) is 58.3 Å².